The van der Waals surface area contributed by atoms with Crippen LogP contribution in [0.4, 0.5) is 0 Å². The molecule has 0 aliphatic heterocycles. The van der Waals surface area contributed by atoms with Crippen LogP contribution in [-0.2, 0) is 0 Å². The van der Waals surface area contributed by atoms with E-state index in [0.29, 0.717) is 11.5 Å². The predicted molar refractivity (Wildman–Crippen MR) is 55.8 cm³/mol. The number of nitrogens with zero attached hydrogens (tertiary/aromatic N) is 3. The first-order valence-electron chi connectivity index (χ1n) is 4.00. The van der Waals surface area contributed by atoms with Crippen LogP contribution in [0.25, 0.3) is 11.5 Å². The second-order valence-corrected chi connectivity index (χ2v) is 3.67. The second kappa shape index (κ2) is 3.77. The largest absolute Gasteiger partial charge is 0.364 e. The molecule has 0 aliphatic rings. The molecule has 0 radical (unpaired) electrons. The number of rotatable bonds is 2. The second-order valence-electron chi connectivity index (χ2n) is 2.76. The van der Waals surface area contributed by atoms with Gasteiger partial charge in [-0.05, 0) is 15.9 Å². The maximum absolute atomic E-state index is 10.8. The van der Waals surface area contributed by atoms with Gasteiger partial charge in [0.05, 0.1) is 4.47 Å². The number of halogens is 1. The van der Waals surface area contributed by atoms with Crippen molar-refractivity contribution < 1.29 is 4.79 Å². The Morgan fingerprint density at radius 3 is 2.60 bits per heavy atom. The highest BCUT2D eigenvalue weighted by atomic mass is 79.9. The number of H-pyrrole nitrogens is 1. The molecule has 2 heterocycles. The van der Waals surface area contributed by atoms with Crippen molar-refractivity contribution in [3.8, 4) is 11.5 Å². The van der Waals surface area contributed by atoms with Gasteiger partial charge in [0.2, 0.25) is 0 Å². The number of nitrogens with one attached hydrogen (secondary N) is 1. The van der Waals surface area contributed by atoms with Crippen molar-refractivity contribution in [3.63, 3.8) is 0 Å². The molecule has 0 fully saturated rings. The molecule has 0 saturated carbocycles. The monoisotopic (exact) mass is 267 g/mol. The Morgan fingerprint density at radius 2 is 2.07 bits per heavy atom. The Bertz CT molecular complexity index is 492. The summed E-state index contributed by atoms with van der Waals surface area (Å²) >= 11 is 3.22. The van der Waals surface area contributed by atoms with Crippen LogP contribution >= 0.6 is 15.9 Å². The van der Waals surface area contributed by atoms with Gasteiger partial charge in [-0.1, -0.05) is 0 Å². The van der Waals surface area contributed by atoms with Crippen molar-refractivity contribution in [2.24, 2.45) is 5.73 Å². The zero-order valence-corrected chi connectivity index (χ0v) is 9.02. The highest BCUT2D eigenvalue weighted by molar-refractivity contribution is 9.10. The minimum Gasteiger partial charge on any atom is -0.364 e. The molecular weight excluding hydrogens is 262 g/mol. The summed E-state index contributed by atoms with van der Waals surface area (Å²) in [6.07, 6.45) is 3.20. The third kappa shape index (κ3) is 2.01. The minimum absolute atomic E-state index is 0.233. The van der Waals surface area contributed by atoms with Crippen LogP contribution in [0.5, 0.6) is 0 Å². The van der Waals surface area contributed by atoms with Gasteiger partial charge >= 0.3 is 0 Å². The summed E-state index contributed by atoms with van der Waals surface area (Å²) in [5, 5.41) is 6.37. The van der Waals surface area contributed by atoms with Gasteiger partial charge in [-0.3, -0.25) is 9.89 Å². The van der Waals surface area contributed by atoms with Crippen LogP contribution in [0.2, 0.25) is 0 Å². The molecule has 0 bridgehead atoms. The summed E-state index contributed by atoms with van der Waals surface area (Å²) in [5.41, 5.74) is 5.79. The Hall–Kier alpha value is -1.76. The van der Waals surface area contributed by atoms with E-state index in [1.807, 2.05) is 0 Å². The van der Waals surface area contributed by atoms with E-state index in [0.717, 1.165) is 4.47 Å². The Balaban J connectivity index is 2.37. The van der Waals surface area contributed by atoms with Gasteiger partial charge in [-0.15, -0.1) is 0 Å². The molecule has 2 aromatic rings. The van der Waals surface area contributed by atoms with Crippen LogP contribution in [0.1, 0.15) is 10.5 Å². The third-order valence-electron chi connectivity index (χ3n) is 1.69. The number of hydrogen-bond acceptors (Lipinski definition) is 4. The number of amides is 1. The first kappa shape index (κ1) is 9.78. The lowest BCUT2D eigenvalue weighted by molar-refractivity contribution is 0.0995. The fourth-order valence-corrected chi connectivity index (χ4v) is 1.21. The van der Waals surface area contributed by atoms with Crippen molar-refractivity contribution in [3.05, 3.63) is 28.6 Å². The molecule has 2 aromatic heterocycles. The molecule has 0 spiro atoms. The average Bonchev–Trinajstić information content (AvgIpc) is 2.68. The van der Waals surface area contributed by atoms with Crippen molar-refractivity contribution in [2.75, 3.05) is 0 Å². The Labute approximate surface area is 93.1 Å². The highest BCUT2D eigenvalue weighted by Crippen LogP contribution is 2.14. The summed E-state index contributed by atoms with van der Waals surface area (Å²) in [4.78, 5) is 18.9. The van der Waals surface area contributed by atoms with Crippen molar-refractivity contribution in [1.82, 2.24) is 20.2 Å². The molecule has 0 aliphatic carbocycles. The molecule has 76 valence electrons. The van der Waals surface area contributed by atoms with E-state index >= 15 is 0 Å². The van der Waals surface area contributed by atoms with Crippen LogP contribution in [0.3, 0.4) is 0 Å². The lowest BCUT2D eigenvalue weighted by Gasteiger charge is -1.92. The summed E-state index contributed by atoms with van der Waals surface area (Å²) in [6.45, 7) is 0. The molecular formula is C8H6BrN5O. The lowest BCUT2D eigenvalue weighted by atomic mass is 10.3. The summed E-state index contributed by atoms with van der Waals surface area (Å²) < 4.78 is 0.775. The normalized spacial score (nSPS) is 10.2. The summed E-state index contributed by atoms with van der Waals surface area (Å²) in [7, 11) is 0. The maximum Gasteiger partial charge on any atom is 0.266 e. The summed E-state index contributed by atoms with van der Waals surface area (Å²) in [5.74, 6) is -0.132. The van der Waals surface area contributed by atoms with Crippen molar-refractivity contribution in [2.45, 2.75) is 0 Å². The van der Waals surface area contributed by atoms with E-state index in [2.05, 4.69) is 36.1 Å². The number of hydrogen-bond donors (Lipinski definition) is 2. The van der Waals surface area contributed by atoms with E-state index in [1.54, 1.807) is 12.4 Å². The zero-order chi connectivity index (χ0) is 10.8. The van der Waals surface area contributed by atoms with Gasteiger partial charge in [-0.2, -0.15) is 5.10 Å². The summed E-state index contributed by atoms with van der Waals surface area (Å²) in [6, 6.07) is 1.51. The van der Waals surface area contributed by atoms with Gasteiger partial charge in [0.15, 0.2) is 5.82 Å². The fourth-order valence-electron chi connectivity index (χ4n) is 1.01. The SMILES string of the molecule is NC(=O)c1cc(-c2ncc(Br)cn2)n[nH]1. The lowest BCUT2D eigenvalue weighted by Crippen LogP contribution is -2.10. The van der Waals surface area contributed by atoms with Crippen LogP contribution < -0.4 is 5.73 Å². The van der Waals surface area contributed by atoms with Crippen LogP contribution in [0, 0.1) is 0 Å². The maximum atomic E-state index is 10.8. The van der Waals surface area contributed by atoms with E-state index in [9.17, 15) is 4.79 Å². The molecule has 15 heavy (non-hydrogen) atoms. The first-order chi connectivity index (χ1) is 7.16. The topological polar surface area (TPSA) is 97.6 Å². The highest BCUT2D eigenvalue weighted by Gasteiger charge is 2.09. The average molecular weight is 268 g/mol. The molecule has 0 unspecified atom stereocenters. The molecule has 7 heteroatoms. The van der Waals surface area contributed by atoms with Gasteiger partial charge in [0, 0.05) is 18.5 Å². The Kier molecular flexibility index (Phi) is 2.46. The molecule has 6 nitrogen and oxygen atoms in total. The number of nitrogens with two attached hydrogens (primary N) is 1. The first-order valence-corrected chi connectivity index (χ1v) is 4.79. The number of carbonyl (C=O) groups is 1. The molecule has 2 rings (SSSR count). The van der Waals surface area contributed by atoms with Crippen LogP contribution in [-0.4, -0.2) is 26.1 Å². The number of primary amides is 1. The number of aromatic nitrogens is 4. The minimum atomic E-state index is -0.564. The van der Waals surface area contributed by atoms with E-state index in [-0.39, 0.29) is 5.69 Å². The quantitative estimate of drug-likeness (QED) is 0.838. The molecule has 3 N–H and O–H groups in total. The molecule has 0 aromatic carbocycles. The van der Waals surface area contributed by atoms with Crippen LogP contribution in [0.15, 0.2) is 22.9 Å². The smallest absolute Gasteiger partial charge is 0.266 e. The van der Waals surface area contributed by atoms with Gasteiger partial charge < -0.3 is 5.73 Å². The van der Waals surface area contributed by atoms with Gasteiger partial charge in [0.25, 0.3) is 5.91 Å². The zero-order valence-electron chi connectivity index (χ0n) is 7.44. The number of carbonyl (C=O) groups excluding carboxylic acids is 1. The van der Waals surface area contributed by atoms with E-state index in [4.69, 9.17) is 5.73 Å². The van der Waals surface area contributed by atoms with Gasteiger partial charge in [0.1, 0.15) is 11.4 Å². The van der Waals surface area contributed by atoms with Gasteiger partial charge in [-0.25, -0.2) is 9.97 Å². The van der Waals surface area contributed by atoms with E-state index < -0.39 is 5.91 Å². The standard InChI is InChI=1S/C8H6BrN5O/c9-4-2-11-8(12-3-4)6-1-5(7(10)15)13-14-6/h1-3H,(H2,10,15)(H,13,14). The fraction of sp³-hybridized carbons (Fsp3) is 0. The third-order valence-corrected chi connectivity index (χ3v) is 2.10. The molecule has 0 atom stereocenters. The Morgan fingerprint density at radius 1 is 1.40 bits per heavy atom. The molecule has 0 saturated heterocycles. The van der Waals surface area contributed by atoms with Crippen molar-refractivity contribution >= 4 is 21.8 Å². The number of aromatic amines is 1. The molecule has 1 amide bonds. The predicted octanol–water partition coefficient (Wildman–Crippen LogP) is 0.728. The van der Waals surface area contributed by atoms with Crippen molar-refractivity contribution in [1.29, 1.82) is 0 Å². The van der Waals surface area contributed by atoms with E-state index in [1.165, 1.54) is 6.07 Å².